The second-order valence-corrected chi connectivity index (χ2v) is 12.5. The van der Waals surface area contributed by atoms with E-state index in [9.17, 15) is 0 Å². The summed E-state index contributed by atoms with van der Waals surface area (Å²) in [6, 6.07) is 12.9. The first kappa shape index (κ1) is 22.3. The van der Waals surface area contributed by atoms with Crippen molar-refractivity contribution < 1.29 is 0 Å². The van der Waals surface area contributed by atoms with Crippen LogP contribution in [0.25, 0.3) is 0 Å². The minimum absolute atomic E-state index is 0.300. The molecule has 0 radical (unpaired) electrons. The van der Waals surface area contributed by atoms with Crippen molar-refractivity contribution in [3.63, 3.8) is 0 Å². The van der Waals surface area contributed by atoms with Crippen LogP contribution in [0.5, 0.6) is 0 Å². The maximum absolute atomic E-state index is 5.45. The molecule has 1 saturated carbocycles. The lowest BCUT2D eigenvalue weighted by molar-refractivity contribution is 0.173. The Hall–Kier alpha value is -0.390. The quantitative estimate of drug-likeness (QED) is 0.324. The number of nitrogens with zero attached hydrogens (tertiary/aromatic N) is 2. The molecule has 7 heteroatoms. The molecule has 1 saturated heterocycles. The van der Waals surface area contributed by atoms with Crippen LogP contribution in [0, 0.1) is 0 Å². The van der Waals surface area contributed by atoms with E-state index in [1.807, 2.05) is 30.3 Å². The van der Waals surface area contributed by atoms with Crippen molar-refractivity contribution in [1.29, 1.82) is 0 Å². The molecule has 28 heavy (non-hydrogen) atoms. The fourth-order valence-electron chi connectivity index (χ4n) is 4.36. The second kappa shape index (κ2) is 10.6. The van der Waals surface area contributed by atoms with Crippen molar-refractivity contribution in [3.8, 4) is 0 Å². The van der Waals surface area contributed by atoms with Gasteiger partial charge in [0, 0.05) is 42.2 Å². The third-order valence-corrected chi connectivity index (χ3v) is 11.0. The summed E-state index contributed by atoms with van der Waals surface area (Å²) in [5.41, 5.74) is 1.04. The summed E-state index contributed by atoms with van der Waals surface area (Å²) >= 11 is 7.59. The molecule has 0 spiro atoms. The van der Waals surface area contributed by atoms with Crippen molar-refractivity contribution >= 4 is 41.8 Å². The summed E-state index contributed by atoms with van der Waals surface area (Å²) < 4.78 is 5.70. The van der Waals surface area contributed by atoms with E-state index in [4.69, 9.17) is 12.2 Å². The summed E-state index contributed by atoms with van der Waals surface area (Å²) in [6.07, 6.45) is 5.53. The highest BCUT2D eigenvalue weighted by Crippen LogP contribution is 2.66. The molecule has 2 aliphatic rings. The maximum atomic E-state index is 5.45. The zero-order chi connectivity index (χ0) is 20.1. The van der Waals surface area contributed by atoms with E-state index in [0.717, 1.165) is 30.1 Å². The van der Waals surface area contributed by atoms with Crippen LogP contribution in [0.4, 0.5) is 5.69 Å². The number of thiocarbonyl (C=S) groups is 1. The van der Waals surface area contributed by atoms with Gasteiger partial charge in [-0.15, -0.1) is 11.4 Å². The average molecular weight is 439 g/mol. The normalized spacial score (nSPS) is 23.9. The van der Waals surface area contributed by atoms with Crippen LogP contribution in [0.15, 0.2) is 30.3 Å². The van der Waals surface area contributed by atoms with Gasteiger partial charge in [0.05, 0.1) is 0 Å². The molecule has 1 aliphatic heterocycles. The Morgan fingerprint density at radius 2 is 1.64 bits per heavy atom. The van der Waals surface area contributed by atoms with Gasteiger partial charge in [0.2, 0.25) is 0 Å². The first-order chi connectivity index (χ1) is 13.5. The lowest BCUT2D eigenvalue weighted by Gasteiger charge is -2.35. The van der Waals surface area contributed by atoms with Crippen molar-refractivity contribution in [2.45, 2.75) is 77.5 Å². The van der Waals surface area contributed by atoms with Crippen LogP contribution in [0.2, 0.25) is 0 Å². The molecule has 4 nitrogen and oxygen atoms in total. The van der Waals surface area contributed by atoms with E-state index in [0.29, 0.717) is 17.2 Å². The molecular weight excluding hydrogens is 403 g/mol. The van der Waals surface area contributed by atoms with E-state index in [-0.39, 0.29) is 7.42 Å². The summed E-state index contributed by atoms with van der Waals surface area (Å²) in [6.45, 7) is 10.4. The van der Waals surface area contributed by atoms with E-state index in [1.165, 1.54) is 25.7 Å². The highest BCUT2D eigenvalue weighted by Gasteiger charge is 2.49. The summed E-state index contributed by atoms with van der Waals surface area (Å²) in [5.74, 6) is 1.08. The van der Waals surface area contributed by atoms with E-state index >= 15 is 0 Å². The first-order valence-corrected chi connectivity index (χ1v) is 13.8. The lowest BCUT2D eigenvalue weighted by atomic mass is 9.89. The summed E-state index contributed by atoms with van der Waals surface area (Å²) in [7, 11) is -0.300. The lowest BCUT2D eigenvalue weighted by Crippen LogP contribution is -2.43. The molecule has 0 amide bonds. The van der Waals surface area contributed by atoms with E-state index < -0.39 is 0 Å². The van der Waals surface area contributed by atoms with E-state index in [1.54, 1.807) is 0 Å². The monoisotopic (exact) mass is 438 g/mol. The van der Waals surface area contributed by atoms with Gasteiger partial charge in [0.1, 0.15) is 7.42 Å². The molecule has 1 aromatic rings. The predicted molar refractivity (Wildman–Crippen MR) is 130 cm³/mol. The second-order valence-electron chi connectivity index (χ2n) is 8.20. The Morgan fingerprint density at radius 1 is 1.07 bits per heavy atom. The standard InChI is InChI=1S/C21H35N4PS2/c1-16(2)24-19-12-8-9-13-20(19)25(17(3)4)26(24)28-15-14-22-21(27)23-18-10-6-5-7-11-18/h5-7,10-11,16-17,19-20H,8-9,12-15H2,1-4H3,(H2,22,23,27)/t19-,20-/m1/s1. The van der Waals surface area contributed by atoms with Crippen molar-refractivity contribution in [2.24, 2.45) is 0 Å². The smallest absolute Gasteiger partial charge is 0.170 e. The molecule has 0 bridgehead atoms. The topological polar surface area (TPSA) is 30.5 Å². The number of hydrogen-bond donors (Lipinski definition) is 2. The minimum atomic E-state index is -0.300. The van der Waals surface area contributed by atoms with Gasteiger partial charge in [-0.1, -0.05) is 31.0 Å². The zero-order valence-corrected chi connectivity index (χ0v) is 20.1. The maximum Gasteiger partial charge on any atom is 0.170 e. The molecule has 1 aliphatic carbocycles. The van der Waals surface area contributed by atoms with Crippen LogP contribution in [0.3, 0.4) is 0 Å². The number of nitrogens with one attached hydrogen (secondary N) is 2. The molecule has 1 aromatic carbocycles. The van der Waals surface area contributed by atoms with Gasteiger partial charge in [-0.05, 0) is 64.9 Å². The van der Waals surface area contributed by atoms with Crippen LogP contribution >= 0.6 is 31.0 Å². The van der Waals surface area contributed by atoms with Gasteiger partial charge >= 0.3 is 0 Å². The molecule has 1 heterocycles. The Morgan fingerprint density at radius 3 is 2.18 bits per heavy atom. The van der Waals surface area contributed by atoms with Gasteiger partial charge in [-0.25, -0.2) is 0 Å². The fraction of sp³-hybridized carbons (Fsp3) is 0.667. The van der Waals surface area contributed by atoms with Crippen LogP contribution in [-0.4, -0.2) is 50.9 Å². The third-order valence-electron chi connectivity index (χ3n) is 5.45. The average Bonchev–Trinajstić information content (AvgIpc) is 3.00. The number of para-hydroxylation sites is 1. The molecule has 0 unspecified atom stereocenters. The SMILES string of the molecule is CC(C)N1[C@@H]2CCCC[C@H]2N(C(C)C)P1SCCNC(=S)Nc1ccccc1. The highest BCUT2D eigenvalue weighted by molar-refractivity contribution is 8.54. The van der Waals surface area contributed by atoms with Crippen LogP contribution < -0.4 is 10.6 Å². The predicted octanol–water partition coefficient (Wildman–Crippen LogP) is 5.68. The van der Waals surface area contributed by atoms with Crippen molar-refractivity contribution in [3.05, 3.63) is 30.3 Å². The zero-order valence-electron chi connectivity index (χ0n) is 17.6. The van der Waals surface area contributed by atoms with E-state index in [2.05, 4.69) is 59.1 Å². The van der Waals surface area contributed by atoms with Crippen molar-refractivity contribution in [2.75, 3.05) is 17.6 Å². The molecule has 3 rings (SSSR count). The third kappa shape index (κ3) is 5.40. The molecule has 2 N–H and O–H groups in total. The van der Waals surface area contributed by atoms with Gasteiger partial charge < -0.3 is 10.6 Å². The van der Waals surface area contributed by atoms with Crippen LogP contribution in [-0.2, 0) is 0 Å². The Kier molecular flexibility index (Phi) is 8.43. The van der Waals surface area contributed by atoms with Gasteiger partial charge in [0.15, 0.2) is 5.11 Å². The summed E-state index contributed by atoms with van der Waals surface area (Å²) in [5, 5.41) is 7.35. The molecular formula is C21H35N4PS2. The number of benzene rings is 1. The molecule has 2 atom stereocenters. The van der Waals surface area contributed by atoms with Gasteiger partial charge in [0.25, 0.3) is 0 Å². The minimum Gasteiger partial charge on any atom is -0.362 e. The largest absolute Gasteiger partial charge is 0.362 e. The Balaban J connectivity index is 1.54. The Bertz CT molecular complexity index is 604. The van der Waals surface area contributed by atoms with Crippen molar-refractivity contribution in [1.82, 2.24) is 14.7 Å². The molecule has 2 fully saturated rings. The van der Waals surface area contributed by atoms with Crippen LogP contribution in [0.1, 0.15) is 53.4 Å². The first-order valence-electron chi connectivity index (χ1n) is 10.6. The molecule has 0 aromatic heterocycles. The molecule has 156 valence electrons. The number of hydrogen-bond acceptors (Lipinski definition) is 4. The highest BCUT2D eigenvalue weighted by atomic mass is 32.7. The van der Waals surface area contributed by atoms with Gasteiger partial charge in [-0.2, -0.15) is 0 Å². The number of rotatable bonds is 7. The Labute approximate surface area is 181 Å². The fourth-order valence-corrected chi connectivity index (χ4v) is 10.7. The van der Waals surface area contributed by atoms with Gasteiger partial charge in [-0.3, -0.25) is 9.34 Å². The summed E-state index contributed by atoms with van der Waals surface area (Å²) in [4.78, 5) is 0. The number of fused-ring (bicyclic) bond motifs is 1. The number of anilines is 1.